The van der Waals surface area contributed by atoms with Crippen LogP contribution in [0.4, 0.5) is 5.00 Å². The summed E-state index contributed by atoms with van der Waals surface area (Å²) in [7, 11) is 0. The van der Waals surface area contributed by atoms with Gasteiger partial charge in [0.1, 0.15) is 11.1 Å². The lowest BCUT2D eigenvalue weighted by molar-refractivity contribution is -0.147. The number of hydrogen-bond acceptors (Lipinski definition) is 4. The van der Waals surface area contributed by atoms with E-state index in [0.717, 1.165) is 12.8 Å². The van der Waals surface area contributed by atoms with Crippen molar-refractivity contribution < 1.29 is 14.7 Å². The predicted molar refractivity (Wildman–Crippen MR) is 106 cm³/mol. The van der Waals surface area contributed by atoms with Crippen molar-refractivity contribution in [1.82, 2.24) is 0 Å². The van der Waals surface area contributed by atoms with Gasteiger partial charge in [-0.25, -0.2) is 0 Å². The molecule has 27 heavy (non-hydrogen) atoms. The zero-order chi connectivity index (χ0) is 19.6. The quantitative estimate of drug-likeness (QED) is 0.687. The molecule has 0 bridgehead atoms. The number of thiophene rings is 1. The molecule has 1 aromatic heterocycles. The highest BCUT2D eigenvalue weighted by Gasteiger charge is 2.36. The number of nitrogens with zero attached hydrogens (tertiary/aromatic N) is 1. The van der Waals surface area contributed by atoms with Crippen molar-refractivity contribution in [3.63, 3.8) is 0 Å². The molecule has 1 aromatic carbocycles. The topological polar surface area (TPSA) is 90.2 Å². The predicted octanol–water partition coefficient (Wildman–Crippen LogP) is 5.42. The number of benzene rings is 1. The molecule has 2 atom stereocenters. The van der Waals surface area contributed by atoms with Crippen LogP contribution in [0.1, 0.15) is 31.2 Å². The Kier molecular flexibility index (Phi) is 6.05. The second-order valence-corrected chi connectivity index (χ2v) is 8.14. The Balaban J connectivity index is 1.88. The van der Waals surface area contributed by atoms with Crippen LogP contribution in [0.2, 0.25) is 10.0 Å². The van der Waals surface area contributed by atoms with Crippen molar-refractivity contribution in [2.45, 2.75) is 25.7 Å². The van der Waals surface area contributed by atoms with Gasteiger partial charge in [0.05, 0.1) is 17.4 Å². The first kappa shape index (κ1) is 19.7. The number of carboxylic acids is 1. The monoisotopic (exact) mass is 422 g/mol. The van der Waals surface area contributed by atoms with Crippen LogP contribution in [0.3, 0.4) is 0 Å². The van der Waals surface area contributed by atoms with E-state index < -0.39 is 17.8 Å². The Hall–Kier alpha value is -2.07. The second kappa shape index (κ2) is 8.30. The molecule has 1 heterocycles. The Morgan fingerprint density at radius 1 is 1.19 bits per heavy atom. The average Bonchev–Trinajstić information content (AvgIpc) is 3.03. The molecule has 1 aliphatic rings. The molecule has 2 aromatic rings. The SMILES string of the molecule is N#Cc1c(-c2ccc(Cl)cc2Cl)csc1NC(=O)[C@@H]1CCCC[C@@H]1C(=O)O. The number of carboxylic acid groups (broad SMARTS) is 1. The van der Waals surface area contributed by atoms with Gasteiger partial charge in [0.25, 0.3) is 0 Å². The van der Waals surface area contributed by atoms with Crippen LogP contribution in [-0.2, 0) is 9.59 Å². The number of hydrogen-bond donors (Lipinski definition) is 2. The first-order valence-corrected chi connectivity index (χ1v) is 10.1. The molecule has 1 aliphatic carbocycles. The summed E-state index contributed by atoms with van der Waals surface area (Å²) in [6, 6.07) is 7.11. The summed E-state index contributed by atoms with van der Waals surface area (Å²) in [4.78, 5) is 24.1. The molecule has 5 nitrogen and oxygen atoms in total. The zero-order valence-electron chi connectivity index (χ0n) is 14.2. The summed E-state index contributed by atoms with van der Waals surface area (Å²) in [6.07, 6.45) is 2.66. The first-order valence-electron chi connectivity index (χ1n) is 8.43. The number of nitrogens with one attached hydrogen (secondary N) is 1. The molecular weight excluding hydrogens is 407 g/mol. The highest BCUT2D eigenvalue weighted by atomic mass is 35.5. The standard InChI is InChI=1S/C19H16Cl2N2O3S/c20-10-5-6-11(16(21)7-10)15-9-27-18(14(15)8-22)23-17(24)12-3-1-2-4-13(12)19(25)26/h5-7,9,12-13H,1-4H2,(H,23,24)(H,25,26)/t12-,13+/m1/s1. The van der Waals surface area contributed by atoms with Gasteiger partial charge >= 0.3 is 5.97 Å². The van der Waals surface area contributed by atoms with E-state index in [1.807, 2.05) is 0 Å². The van der Waals surface area contributed by atoms with Crippen LogP contribution in [0.5, 0.6) is 0 Å². The third-order valence-electron chi connectivity index (χ3n) is 4.78. The van der Waals surface area contributed by atoms with Gasteiger partial charge in [-0.15, -0.1) is 11.3 Å². The fraction of sp³-hybridized carbons (Fsp3) is 0.316. The zero-order valence-corrected chi connectivity index (χ0v) is 16.5. The van der Waals surface area contributed by atoms with Crippen molar-refractivity contribution in [3.05, 3.63) is 39.2 Å². The van der Waals surface area contributed by atoms with E-state index in [1.54, 1.807) is 23.6 Å². The lowest BCUT2D eigenvalue weighted by Gasteiger charge is -2.27. The van der Waals surface area contributed by atoms with E-state index in [2.05, 4.69) is 11.4 Å². The molecule has 0 saturated heterocycles. The fourth-order valence-electron chi connectivity index (χ4n) is 3.41. The van der Waals surface area contributed by atoms with Crippen LogP contribution >= 0.6 is 34.5 Å². The van der Waals surface area contributed by atoms with E-state index in [-0.39, 0.29) is 5.91 Å². The van der Waals surface area contributed by atoms with Crippen molar-refractivity contribution in [2.75, 3.05) is 5.32 Å². The largest absolute Gasteiger partial charge is 0.481 e. The van der Waals surface area contributed by atoms with E-state index >= 15 is 0 Å². The van der Waals surface area contributed by atoms with Crippen LogP contribution in [0, 0.1) is 23.2 Å². The summed E-state index contributed by atoms with van der Waals surface area (Å²) in [6.45, 7) is 0. The maximum atomic E-state index is 12.7. The molecule has 1 saturated carbocycles. The van der Waals surface area contributed by atoms with E-state index in [0.29, 0.717) is 44.6 Å². The minimum Gasteiger partial charge on any atom is -0.481 e. The Morgan fingerprint density at radius 3 is 2.52 bits per heavy atom. The number of halogens is 2. The highest BCUT2D eigenvalue weighted by Crippen LogP contribution is 2.40. The number of rotatable bonds is 4. The maximum absolute atomic E-state index is 12.7. The molecule has 8 heteroatoms. The number of aliphatic carboxylic acids is 1. The van der Waals surface area contributed by atoms with E-state index in [9.17, 15) is 20.0 Å². The number of carbonyl (C=O) groups excluding carboxylic acids is 1. The van der Waals surface area contributed by atoms with Gasteiger partial charge in [-0.2, -0.15) is 5.26 Å². The molecular formula is C19H16Cl2N2O3S. The third kappa shape index (κ3) is 4.11. The van der Waals surface area contributed by atoms with Gasteiger partial charge in [-0.3, -0.25) is 9.59 Å². The molecule has 0 unspecified atom stereocenters. The summed E-state index contributed by atoms with van der Waals surface area (Å²) in [5.41, 5.74) is 1.56. The molecule has 0 aliphatic heterocycles. The summed E-state index contributed by atoms with van der Waals surface area (Å²) >= 11 is 13.4. The molecule has 3 rings (SSSR count). The van der Waals surface area contributed by atoms with Gasteiger partial charge in [-0.1, -0.05) is 42.1 Å². The Bertz CT molecular complexity index is 936. The van der Waals surface area contributed by atoms with Gasteiger partial charge in [0.2, 0.25) is 5.91 Å². The summed E-state index contributed by atoms with van der Waals surface area (Å²) in [5.74, 6) is -2.58. The van der Waals surface area contributed by atoms with E-state index in [1.165, 1.54) is 11.3 Å². The van der Waals surface area contributed by atoms with E-state index in [4.69, 9.17) is 23.2 Å². The minimum atomic E-state index is -0.949. The van der Waals surface area contributed by atoms with Gasteiger partial charge in [0.15, 0.2) is 0 Å². The van der Waals surface area contributed by atoms with Crippen LogP contribution < -0.4 is 5.32 Å². The van der Waals surface area contributed by atoms with Crippen LogP contribution in [0.15, 0.2) is 23.6 Å². The average molecular weight is 423 g/mol. The van der Waals surface area contributed by atoms with Crippen molar-refractivity contribution in [1.29, 1.82) is 5.26 Å². The molecule has 2 N–H and O–H groups in total. The molecule has 0 radical (unpaired) electrons. The molecule has 140 valence electrons. The smallest absolute Gasteiger partial charge is 0.307 e. The van der Waals surface area contributed by atoms with Crippen LogP contribution in [0.25, 0.3) is 11.1 Å². The minimum absolute atomic E-state index is 0.306. The number of nitriles is 1. The fourth-order valence-corrected chi connectivity index (χ4v) is 4.84. The maximum Gasteiger partial charge on any atom is 0.307 e. The summed E-state index contributed by atoms with van der Waals surface area (Å²) in [5, 5.41) is 24.8. The second-order valence-electron chi connectivity index (χ2n) is 6.41. The number of anilines is 1. The van der Waals surface area contributed by atoms with Gasteiger partial charge in [-0.05, 0) is 25.0 Å². The lowest BCUT2D eigenvalue weighted by atomic mass is 9.79. The van der Waals surface area contributed by atoms with Crippen molar-refractivity contribution in [3.8, 4) is 17.2 Å². The normalized spacial score (nSPS) is 19.3. The van der Waals surface area contributed by atoms with Gasteiger partial charge in [0, 0.05) is 26.6 Å². The third-order valence-corrected chi connectivity index (χ3v) is 6.22. The van der Waals surface area contributed by atoms with Crippen LogP contribution in [-0.4, -0.2) is 17.0 Å². The molecule has 0 spiro atoms. The number of carbonyl (C=O) groups is 2. The lowest BCUT2D eigenvalue weighted by Crippen LogP contribution is -2.36. The van der Waals surface area contributed by atoms with Gasteiger partial charge < -0.3 is 10.4 Å². The Labute approximate surface area is 170 Å². The highest BCUT2D eigenvalue weighted by molar-refractivity contribution is 7.15. The van der Waals surface area contributed by atoms with Crippen molar-refractivity contribution >= 4 is 51.4 Å². The Morgan fingerprint density at radius 2 is 1.89 bits per heavy atom. The number of amides is 1. The summed E-state index contributed by atoms with van der Waals surface area (Å²) < 4.78 is 0. The molecule has 1 amide bonds. The van der Waals surface area contributed by atoms with Crippen molar-refractivity contribution in [2.24, 2.45) is 11.8 Å². The molecule has 1 fully saturated rings. The first-order chi connectivity index (χ1) is 12.9.